The summed E-state index contributed by atoms with van der Waals surface area (Å²) in [4.78, 5) is 11.4. The Morgan fingerprint density at radius 2 is 2.29 bits per heavy atom. The van der Waals surface area contributed by atoms with Crippen molar-refractivity contribution in [2.24, 2.45) is 7.05 Å². The molecule has 1 atom stereocenters. The molecule has 0 radical (unpaired) electrons. The summed E-state index contributed by atoms with van der Waals surface area (Å²) in [5.74, 6) is -1.26. The average molecular weight is 317 g/mol. The van der Waals surface area contributed by atoms with Crippen molar-refractivity contribution < 1.29 is 23.1 Å². The Morgan fingerprint density at radius 1 is 1.62 bits per heavy atom. The molecule has 1 aliphatic carbocycles. The van der Waals surface area contributed by atoms with Gasteiger partial charge in [-0.05, 0) is 25.3 Å². The van der Waals surface area contributed by atoms with E-state index in [4.69, 9.17) is 4.74 Å². The number of aliphatic carboxylic acids is 1. The number of nitrogens with zero attached hydrogens (tertiary/aromatic N) is 2. The van der Waals surface area contributed by atoms with Gasteiger partial charge in [-0.2, -0.15) is 9.82 Å². The Balaban J connectivity index is 2.21. The highest BCUT2D eigenvalue weighted by Gasteiger charge is 2.55. The summed E-state index contributed by atoms with van der Waals surface area (Å²) in [6, 6.07) is 0.137. The van der Waals surface area contributed by atoms with E-state index in [1.807, 2.05) is 0 Å². The first-order chi connectivity index (χ1) is 9.83. The first-order valence-corrected chi connectivity index (χ1v) is 8.03. The number of carboxylic acids is 1. The van der Waals surface area contributed by atoms with Crippen LogP contribution in [0.4, 0.5) is 0 Å². The van der Waals surface area contributed by atoms with E-state index in [1.165, 1.54) is 24.1 Å². The zero-order chi connectivity index (χ0) is 15.7. The number of hydrogen-bond acceptors (Lipinski definition) is 5. The molecule has 1 heterocycles. The molecule has 1 unspecified atom stereocenters. The van der Waals surface area contributed by atoms with E-state index in [9.17, 15) is 18.3 Å². The van der Waals surface area contributed by atoms with E-state index in [2.05, 4.69) is 9.82 Å². The van der Waals surface area contributed by atoms with Crippen LogP contribution in [0.2, 0.25) is 0 Å². The number of rotatable bonds is 8. The number of hydrogen-bond donors (Lipinski definition) is 2. The van der Waals surface area contributed by atoms with Crippen LogP contribution in [-0.2, 0) is 26.6 Å². The number of aromatic nitrogens is 2. The molecule has 0 aromatic carbocycles. The van der Waals surface area contributed by atoms with Crippen molar-refractivity contribution in [3.05, 3.63) is 18.0 Å². The van der Waals surface area contributed by atoms with Crippen molar-refractivity contribution in [2.75, 3.05) is 13.7 Å². The third-order valence-electron chi connectivity index (χ3n) is 3.81. The average Bonchev–Trinajstić information content (AvgIpc) is 3.11. The third kappa shape index (κ3) is 3.09. The van der Waals surface area contributed by atoms with Crippen molar-refractivity contribution in [1.82, 2.24) is 14.5 Å². The number of ether oxygens (including phenoxy) is 1. The summed E-state index contributed by atoms with van der Waals surface area (Å²) >= 11 is 0. The van der Waals surface area contributed by atoms with Crippen LogP contribution in [0.25, 0.3) is 0 Å². The lowest BCUT2D eigenvalue weighted by Crippen LogP contribution is -2.42. The maximum absolute atomic E-state index is 12.5. The van der Waals surface area contributed by atoms with Crippen LogP contribution in [0.15, 0.2) is 12.3 Å². The molecule has 0 bridgehead atoms. The molecule has 118 valence electrons. The summed E-state index contributed by atoms with van der Waals surface area (Å²) in [5, 5.41) is 13.2. The van der Waals surface area contributed by atoms with E-state index in [0.29, 0.717) is 25.9 Å². The fourth-order valence-electron chi connectivity index (χ4n) is 2.27. The summed E-state index contributed by atoms with van der Waals surface area (Å²) in [5.41, 5.74) is 0.286. The van der Waals surface area contributed by atoms with Crippen molar-refractivity contribution >= 4 is 16.0 Å². The van der Waals surface area contributed by atoms with Gasteiger partial charge in [-0.15, -0.1) is 0 Å². The van der Waals surface area contributed by atoms with Crippen LogP contribution in [0, 0.1) is 0 Å². The molecule has 2 rings (SSSR count). The van der Waals surface area contributed by atoms with E-state index in [1.54, 1.807) is 7.05 Å². The second kappa shape index (κ2) is 5.74. The van der Waals surface area contributed by atoms with E-state index >= 15 is 0 Å². The molecule has 21 heavy (non-hydrogen) atoms. The van der Waals surface area contributed by atoms with Gasteiger partial charge in [0, 0.05) is 27.0 Å². The van der Waals surface area contributed by atoms with Gasteiger partial charge < -0.3 is 9.84 Å². The molecule has 1 fully saturated rings. The topological polar surface area (TPSA) is 111 Å². The fourth-order valence-corrected chi connectivity index (χ4v) is 4.04. The maximum atomic E-state index is 12.5. The molecule has 1 saturated carbocycles. The van der Waals surface area contributed by atoms with Crippen LogP contribution in [-0.4, -0.2) is 47.7 Å². The zero-order valence-corrected chi connectivity index (χ0v) is 12.8. The molecule has 1 aliphatic rings. The number of carboxylic acid groups (broad SMARTS) is 1. The minimum atomic E-state index is -3.76. The summed E-state index contributed by atoms with van der Waals surface area (Å²) in [6.45, 7) is 0.324. The van der Waals surface area contributed by atoms with Crippen LogP contribution in [0.1, 0.15) is 31.0 Å². The summed E-state index contributed by atoms with van der Waals surface area (Å²) < 4.78 is 32.6. The Labute approximate surface area is 123 Å². The molecule has 1 aromatic rings. The van der Waals surface area contributed by atoms with Crippen molar-refractivity contribution in [3.8, 4) is 0 Å². The SMILES string of the molecule is COCCC1(S(=O)(=O)NC(C(=O)O)c2ccnn2C)CC1. The molecule has 0 spiro atoms. The lowest BCUT2D eigenvalue weighted by atomic mass is 10.2. The highest BCUT2D eigenvalue weighted by Crippen LogP contribution is 2.46. The maximum Gasteiger partial charge on any atom is 0.327 e. The van der Waals surface area contributed by atoms with Gasteiger partial charge in [-0.1, -0.05) is 0 Å². The molecule has 1 aromatic heterocycles. The van der Waals surface area contributed by atoms with Gasteiger partial charge in [-0.25, -0.2) is 8.42 Å². The number of methoxy groups -OCH3 is 1. The zero-order valence-electron chi connectivity index (χ0n) is 11.9. The number of carbonyl (C=O) groups is 1. The smallest absolute Gasteiger partial charge is 0.327 e. The highest BCUT2D eigenvalue weighted by molar-refractivity contribution is 7.91. The Hall–Kier alpha value is -1.45. The van der Waals surface area contributed by atoms with Gasteiger partial charge in [0.05, 0.1) is 10.4 Å². The Bertz CT molecular complexity index is 621. The number of nitrogens with one attached hydrogen (secondary N) is 1. The second-order valence-electron chi connectivity index (χ2n) is 5.20. The van der Waals surface area contributed by atoms with Gasteiger partial charge in [0.15, 0.2) is 6.04 Å². The first-order valence-electron chi connectivity index (χ1n) is 6.54. The number of aryl methyl sites for hydroxylation is 1. The summed E-state index contributed by atoms with van der Waals surface area (Å²) in [6.07, 6.45) is 2.82. The predicted octanol–water partition coefficient (Wildman–Crippen LogP) is 0.0343. The fraction of sp³-hybridized carbons (Fsp3) is 0.667. The van der Waals surface area contributed by atoms with Gasteiger partial charge in [0.25, 0.3) is 0 Å². The summed E-state index contributed by atoms with van der Waals surface area (Å²) in [7, 11) is -0.687. The highest BCUT2D eigenvalue weighted by atomic mass is 32.2. The molecule has 0 saturated heterocycles. The van der Waals surface area contributed by atoms with E-state index < -0.39 is 26.8 Å². The molecule has 9 heteroatoms. The van der Waals surface area contributed by atoms with Crippen molar-refractivity contribution in [3.63, 3.8) is 0 Å². The van der Waals surface area contributed by atoms with Gasteiger partial charge in [-0.3, -0.25) is 9.48 Å². The normalized spacial score (nSPS) is 18.4. The lowest BCUT2D eigenvalue weighted by molar-refractivity contribution is -0.139. The lowest BCUT2D eigenvalue weighted by Gasteiger charge is -2.20. The second-order valence-corrected chi connectivity index (χ2v) is 7.31. The minimum Gasteiger partial charge on any atom is -0.480 e. The molecular weight excluding hydrogens is 298 g/mol. The monoisotopic (exact) mass is 317 g/mol. The van der Waals surface area contributed by atoms with Gasteiger partial charge in [0.1, 0.15) is 0 Å². The van der Waals surface area contributed by atoms with Gasteiger partial charge >= 0.3 is 5.97 Å². The first kappa shape index (κ1) is 15.9. The molecule has 0 aliphatic heterocycles. The standard InChI is InChI=1S/C12H19N3O5S/c1-15-9(3-7-13-15)10(11(16)17)14-21(18,19)12(4-5-12)6-8-20-2/h3,7,10,14H,4-6,8H2,1-2H3,(H,16,17). The van der Waals surface area contributed by atoms with Crippen molar-refractivity contribution in [1.29, 1.82) is 0 Å². The molecular formula is C12H19N3O5S. The number of sulfonamides is 1. The largest absolute Gasteiger partial charge is 0.480 e. The predicted molar refractivity (Wildman–Crippen MR) is 74.1 cm³/mol. The quantitative estimate of drug-likeness (QED) is 0.700. The van der Waals surface area contributed by atoms with Crippen LogP contribution < -0.4 is 4.72 Å². The van der Waals surface area contributed by atoms with Crippen LogP contribution in [0.5, 0.6) is 0 Å². The Morgan fingerprint density at radius 3 is 2.71 bits per heavy atom. The molecule has 0 amide bonds. The molecule has 8 nitrogen and oxygen atoms in total. The minimum absolute atomic E-state index is 0.286. The van der Waals surface area contributed by atoms with E-state index in [0.717, 1.165) is 0 Å². The Kier molecular flexibility index (Phi) is 4.35. The van der Waals surface area contributed by atoms with Crippen LogP contribution >= 0.6 is 0 Å². The van der Waals surface area contributed by atoms with Crippen LogP contribution in [0.3, 0.4) is 0 Å². The van der Waals surface area contributed by atoms with Crippen molar-refractivity contribution in [2.45, 2.75) is 30.1 Å². The van der Waals surface area contributed by atoms with Gasteiger partial charge in [0.2, 0.25) is 10.0 Å². The van der Waals surface area contributed by atoms with E-state index in [-0.39, 0.29) is 5.69 Å². The molecule has 2 N–H and O–H groups in total. The third-order valence-corrected chi connectivity index (χ3v) is 6.11.